The Morgan fingerprint density at radius 3 is 2.78 bits per heavy atom. The number of ether oxygens (including phenoxy) is 1. The van der Waals surface area contributed by atoms with Crippen molar-refractivity contribution in [2.75, 3.05) is 37.7 Å². The van der Waals surface area contributed by atoms with Crippen LogP contribution in [0.2, 0.25) is 0 Å². The maximum absolute atomic E-state index is 12.8. The highest BCUT2D eigenvalue weighted by Crippen LogP contribution is 2.23. The number of aryl methyl sites for hydroxylation is 1. The summed E-state index contributed by atoms with van der Waals surface area (Å²) in [4.78, 5) is 17.0. The highest BCUT2D eigenvalue weighted by atomic mass is 16.5. The summed E-state index contributed by atoms with van der Waals surface area (Å²) in [6, 6.07) is 3.99. The molecule has 2 atom stereocenters. The first-order chi connectivity index (χ1) is 11.1. The summed E-state index contributed by atoms with van der Waals surface area (Å²) in [6.07, 6.45) is 2.94. The van der Waals surface area contributed by atoms with Crippen molar-refractivity contribution in [2.45, 2.75) is 39.2 Å². The molecule has 2 aliphatic rings. The van der Waals surface area contributed by atoms with E-state index in [1.165, 1.54) is 0 Å². The Labute approximate surface area is 137 Å². The summed E-state index contributed by atoms with van der Waals surface area (Å²) < 4.78 is 5.66. The Kier molecular flexibility index (Phi) is 5.10. The van der Waals surface area contributed by atoms with Gasteiger partial charge in [-0.15, -0.1) is 5.10 Å². The van der Waals surface area contributed by atoms with Crippen molar-refractivity contribution in [2.24, 2.45) is 5.92 Å². The zero-order valence-electron chi connectivity index (χ0n) is 14.1. The molecule has 1 aromatic heterocycles. The molecule has 3 rings (SSSR count). The zero-order valence-corrected chi connectivity index (χ0v) is 14.1. The SMILES string of the molecule is Cc1ccc(N2CCCN(C(=O)[C@@H]3CCCO[C@@H]3C)CC2)nn1. The number of anilines is 1. The summed E-state index contributed by atoms with van der Waals surface area (Å²) in [5, 5.41) is 8.40. The molecule has 0 radical (unpaired) electrons. The number of carbonyl (C=O) groups excluding carboxylic acids is 1. The van der Waals surface area contributed by atoms with E-state index in [2.05, 4.69) is 15.1 Å². The third-order valence-corrected chi connectivity index (χ3v) is 4.84. The molecular formula is C17H26N4O2. The molecule has 0 aromatic carbocycles. The van der Waals surface area contributed by atoms with Crippen molar-refractivity contribution in [3.05, 3.63) is 17.8 Å². The molecule has 0 saturated carbocycles. The van der Waals surface area contributed by atoms with Crippen LogP contribution >= 0.6 is 0 Å². The number of hydrogen-bond acceptors (Lipinski definition) is 5. The Balaban J connectivity index is 1.61. The Bertz CT molecular complexity index is 534. The second-order valence-electron chi connectivity index (χ2n) is 6.52. The molecule has 2 aliphatic heterocycles. The van der Waals surface area contributed by atoms with Gasteiger partial charge < -0.3 is 14.5 Å². The molecule has 0 bridgehead atoms. The molecule has 126 valence electrons. The first-order valence-corrected chi connectivity index (χ1v) is 8.61. The fourth-order valence-electron chi connectivity index (χ4n) is 3.41. The predicted octanol–water partition coefficient (Wildman–Crippen LogP) is 1.64. The van der Waals surface area contributed by atoms with Gasteiger partial charge in [-0.1, -0.05) is 0 Å². The lowest BCUT2D eigenvalue weighted by atomic mass is 9.94. The average Bonchev–Trinajstić information content (AvgIpc) is 2.81. The largest absolute Gasteiger partial charge is 0.378 e. The lowest BCUT2D eigenvalue weighted by Gasteiger charge is -2.32. The highest BCUT2D eigenvalue weighted by molar-refractivity contribution is 5.79. The minimum atomic E-state index is 0.0227. The summed E-state index contributed by atoms with van der Waals surface area (Å²) in [5.74, 6) is 1.18. The molecule has 6 nitrogen and oxygen atoms in total. The van der Waals surface area contributed by atoms with Gasteiger partial charge in [0.15, 0.2) is 5.82 Å². The van der Waals surface area contributed by atoms with Crippen LogP contribution in [0.4, 0.5) is 5.82 Å². The number of nitrogens with zero attached hydrogens (tertiary/aromatic N) is 4. The van der Waals surface area contributed by atoms with E-state index in [1.54, 1.807) is 0 Å². The molecule has 0 aliphatic carbocycles. The van der Waals surface area contributed by atoms with Crippen LogP contribution in [0.3, 0.4) is 0 Å². The highest BCUT2D eigenvalue weighted by Gasteiger charge is 2.32. The molecule has 23 heavy (non-hydrogen) atoms. The van der Waals surface area contributed by atoms with E-state index >= 15 is 0 Å². The summed E-state index contributed by atoms with van der Waals surface area (Å²) in [5.41, 5.74) is 0.923. The standard InChI is InChI=1S/C17H26N4O2/c1-13-6-7-16(19-18-13)20-8-4-9-21(11-10-20)17(22)15-5-3-12-23-14(15)2/h6-7,14-15H,3-5,8-12H2,1-2H3/t14-,15-/m1/s1. The van der Waals surface area contributed by atoms with Crippen molar-refractivity contribution in [3.8, 4) is 0 Å². The van der Waals surface area contributed by atoms with Gasteiger partial charge in [-0.3, -0.25) is 4.79 Å². The van der Waals surface area contributed by atoms with Crippen LogP contribution in [0.25, 0.3) is 0 Å². The van der Waals surface area contributed by atoms with Gasteiger partial charge in [-0.05, 0) is 45.2 Å². The van der Waals surface area contributed by atoms with Crippen LogP contribution in [0.15, 0.2) is 12.1 Å². The second kappa shape index (κ2) is 7.25. The van der Waals surface area contributed by atoms with Crippen LogP contribution in [0.5, 0.6) is 0 Å². The fourth-order valence-corrected chi connectivity index (χ4v) is 3.41. The maximum atomic E-state index is 12.8. The van der Waals surface area contributed by atoms with Crippen molar-refractivity contribution in [1.82, 2.24) is 15.1 Å². The van der Waals surface area contributed by atoms with Gasteiger partial charge >= 0.3 is 0 Å². The van der Waals surface area contributed by atoms with E-state index in [0.29, 0.717) is 0 Å². The van der Waals surface area contributed by atoms with Crippen LogP contribution < -0.4 is 4.90 Å². The van der Waals surface area contributed by atoms with E-state index in [-0.39, 0.29) is 17.9 Å². The minimum Gasteiger partial charge on any atom is -0.378 e. The first-order valence-electron chi connectivity index (χ1n) is 8.61. The average molecular weight is 318 g/mol. The van der Waals surface area contributed by atoms with Gasteiger partial charge in [0.2, 0.25) is 5.91 Å². The monoisotopic (exact) mass is 318 g/mol. The summed E-state index contributed by atoms with van der Waals surface area (Å²) >= 11 is 0. The van der Waals surface area contributed by atoms with Crippen molar-refractivity contribution < 1.29 is 9.53 Å². The third kappa shape index (κ3) is 3.80. The van der Waals surface area contributed by atoms with E-state index in [4.69, 9.17) is 4.74 Å². The van der Waals surface area contributed by atoms with E-state index in [0.717, 1.165) is 63.6 Å². The van der Waals surface area contributed by atoms with E-state index < -0.39 is 0 Å². The topological polar surface area (TPSA) is 58.6 Å². The number of rotatable bonds is 2. The first kappa shape index (κ1) is 16.2. The molecule has 1 aromatic rings. The quantitative estimate of drug-likeness (QED) is 0.830. The second-order valence-corrected chi connectivity index (χ2v) is 6.52. The molecule has 0 spiro atoms. The summed E-state index contributed by atoms with van der Waals surface area (Å²) in [6.45, 7) is 8.03. The number of amides is 1. The van der Waals surface area contributed by atoms with Crippen LogP contribution in [-0.4, -0.2) is 59.9 Å². The Morgan fingerprint density at radius 2 is 2.04 bits per heavy atom. The number of aromatic nitrogens is 2. The van der Waals surface area contributed by atoms with E-state index in [9.17, 15) is 4.79 Å². The van der Waals surface area contributed by atoms with Gasteiger partial charge in [-0.25, -0.2) is 0 Å². The molecule has 6 heteroatoms. The predicted molar refractivity (Wildman–Crippen MR) is 88.3 cm³/mol. The lowest BCUT2D eigenvalue weighted by Crippen LogP contribution is -2.44. The zero-order chi connectivity index (χ0) is 16.2. The molecule has 2 fully saturated rings. The van der Waals surface area contributed by atoms with Crippen LogP contribution in [0, 0.1) is 12.8 Å². The smallest absolute Gasteiger partial charge is 0.228 e. The van der Waals surface area contributed by atoms with Crippen molar-refractivity contribution in [1.29, 1.82) is 0 Å². The fraction of sp³-hybridized carbons (Fsp3) is 0.706. The van der Waals surface area contributed by atoms with Crippen LogP contribution in [0.1, 0.15) is 31.9 Å². The molecule has 3 heterocycles. The number of carbonyl (C=O) groups is 1. The van der Waals surface area contributed by atoms with E-state index in [1.807, 2.05) is 30.9 Å². The lowest BCUT2D eigenvalue weighted by molar-refractivity contribution is -0.143. The molecule has 2 saturated heterocycles. The van der Waals surface area contributed by atoms with Crippen LogP contribution in [-0.2, 0) is 9.53 Å². The minimum absolute atomic E-state index is 0.0227. The Hall–Kier alpha value is -1.69. The van der Waals surface area contributed by atoms with Gasteiger partial charge in [0, 0.05) is 32.8 Å². The van der Waals surface area contributed by atoms with Gasteiger partial charge in [-0.2, -0.15) is 5.10 Å². The Morgan fingerprint density at radius 1 is 1.17 bits per heavy atom. The molecular weight excluding hydrogens is 292 g/mol. The van der Waals surface area contributed by atoms with Gasteiger partial charge in [0.1, 0.15) is 0 Å². The molecule has 0 unspecified atom stereocenters. The third-order valence-electron chi connectivity index (χ3n) is 4.84. The normalized spacial score (nSPS) is 26.0. The van der Waals surface area contributed by atoms with Crippen molar-refractivity contribution in [3.63, 3.8) is 0 Å². The van der Waals surface area contributed by atoms with Crippen molar-refractivity contribution >= 4 is 11.7 Å². The maximum Gasteiger partial charge on any atom is 0.228 e. The van der Waals surface area contributed by atoms with Gasteiger partial charge in [0.05, 0.1) is 17.7 Å². The molecule has 0 N–H and O–H groups in total. The molecule has 1 amide bonds. The number of hydrogen-bond donors (Lipinski definition) is 0. The van der Waals surface area contributed by atoms with Gasteiger partial charge in [0.25, 0.3) is 0 Å². The summed E-state index contributed by atoms with van der Waals surface area (Å²) in [7, 11) is 0.